The predicted octanol–water partition coefficient (Wildman–Crippen LogP) is 0.291. The van der Waals surface area contributed by atoms with Gasteiger partial charge >= 0.3 is 12.0 Å². The minimum Gasteiger partial charge on any atom is -0.323 e. The number of imide groups is 1. The molecule has 0 saturated carbocycles. The smallest absolute Gasteiger partial charge is 0.323 e. The van der Waals surface area contributed by atoms with Crippen molar-refractivity contribution in [2.75, 3.05) is 0 Å². The minimum atomic E-state index is -0.953. The maximum absolute atomic E-state index is 11.3. The number of hydrogen-bond acceptors (Lipinski definition) is 4. The first kappa shape index (κ1) is 11.2. The average Bonchev–Trinajstić information content (AvgIpc) is 2.51. The summed E-state index contributed by atoms with van der Waals surface area (Å²) in [6.45, 7) is 8.35. The summed E-state index contributed by atoms with van der Waals surface area (Å²) in [5.74, 6) is -1.92. The lowest BCUT2D eigenvalue weighted by atomic mass is 10.2. The van der Waals surface area contributed by atoms with Crippen molar-refractivity contribution in [3.05, 3.63) is 11.4 Å². The Morgan fingerprint density at radius 3 is 2.47 bits per heavy atom. The molecule has 0 aliphatic carbocycles. The van der Waals surface area contributed by atoms with Gasteiger partial charge < -0.3 is 9.68 Å². The van der Waals surface area contributed by atoms with Gasteiger partial charge in [0.15, 0.2) is 0 Å². The van der Waals surface area contributed by atoms with Gasteiger partial charge in [0.25, 0.3) is 11.8 Å². The van der Waals surface area contributed by atoms with Crippen LogP contribution in [0.4, 0.5) is 0 Å². The van der Waals surface area contributed by atoms with Crippen molar-refractivity contribution in [1.82, 2.24) is 5.06 Å². The molecule has 2 amide bonds. The topological polar surface area (TPSA) is 68.0 Å². The summed E-state index contributed by atoms with van der Waals surface area (Å²) < 4.78 is 0. The molecule has 0 radical (unpaired) electrons. The third-order valence-electron chi connectivity index (χ3n) is 2.00. The summed E-state index contributed by atoms with van der Waals surface area (Å²) in [5.41, 5.74) is 0. The molecule has 1 atom stereocenters. The van der Waals surface area contributed by atoms with Gasteiger partial charge in [-0.2, -0.15) is 0 Å². The zero-order valence-corrected chi connectivity index (χ0v) is 8.23. The predicted molar refractivity (Wildman–Crippen MR) is 47.9 cm³/mol. The average molecular weight is 210 g/mol. The van der Waals surface area contributed by atoms with E-state index >= 15 is 0 Å². The molecule has 0 aromatic carbocycles. The monoisotopic (exact) mass is 210 g/mol. The fourth-order valence-corrected chi connectivity index (χ4v) is 1.12. The van der Waals surface area contributed by atoms with Gasteiger partial charge in [0.1, 0.15) is 0 Å². The molecule has 0 N–H and O–H groups in total. The highest BCUT2D eigenvalue weighted by atomic mass is 16.7. The summed E-state index contributed by atoms with van der Waals surface area (Å²) in [6, 6.07) is -0.953. The van der Waals surface area contributed by atoms with E-state index in [1.54, 1.807) is 6.92 Å². The lowest BCUT2D eigenvalue weighted by molar-refractivity contribution is -0.197. The standard InChI is InChI=1S/C9H10N2O4/c1-3-6(10-2)9(14)15-11-7(12)4-5-8(11)13/h6H,3-5H2,1H3. The number of hydroxylamine groups is 2. The van der Waals surface area contributed by atoms with Crippen LogP contribution >= 0.6 is 0 Å². The normalized spacial score (nSPS) is 17.5. The van der Waals surface area contributed by atoms with Crippen LogP contribution in [0, 0.1) is 6.57 Å². The molecule has 0 aromatic heterocycles. The molecule has 1 rings (SSSR count). The molecule has 1 aliphatic rings. The lowest BCUT2D eigenvalue weighted by Gasteiger charge is -2.12. The van der Waals surface area contributed by atoms with Crippen LogP contribution in [0.1, 0.15) is 26.2 Å². The van der Waals surface area contributed by atoms with Crippen molar-refractivity contribution < 1.29 is 19.2 Å². The number of nitrogens with zero attached hydrogens (tertiary/aromatic N) is 2. The fourth-order valence-electron chi connectivity index (χ4n) is 1.12. The van der Waals surface area contributed by atoms with E-state index in [-0.39, 0.29) is 12.8 Å². The molecular formula is C9H10N2O4. The van der Waals surface area contributed by atoms with Crippen LogP contribution in [0.15, 0.2) is 0 Å². The van der Waals surface area contributed by atoms with E-state index in [4.69, 9.17) is 6.57 Å². The molecule has 0 bridgehead atoms. The maximum atomic E-state index is 11.3. The molecule has 1 unspecified atom stereocenters. The van der Waals surface area contributed by atoms with Gasteiger partial charge in [0.05, 0.1) is 0 Å². The Balaban J connectivity index is 2.62. The van der Waals surface area contributed by atoms with Gasteiger partial charge in [-0.15, -0.1) is 5.06 Å². The number of carbonyl (C=O) groups excluding carboxylic acids is 3. The van der Waals surface area contributed by atoms with E-state index in [2.05, 4.69) is 9.68 Å². The number of amides is 2. The van der Waals surface area contributed by atoms with Crippen molar-refractivity contribution >= 4 is 17.8 Å². The Bertz CT molecular complexity index is 329. The van der Waals surface area contributed by atoms with E-state index in [1.165, 1.54) is 0 Å². The lowest BCUT2D eigenvalue weighted by Crippen LogP contribution is -2.35. The Labute approximate surface area is 86.6 Å². The Morgan fingerprint density at radius 1 is 1.53 bits per heavy atom. The summed E-state index contributed by atoms with van der Waals surface area (Å²) in [6.07, 6.45) is 0.403. The minimum absolute atomic E-state index is 0.0565. The third kappa shape index (κ3) is 2.31. The first-order valence-corrected chi connectivity index (χ1v) is 4.54. The zero-order chi connectivity index (χ0) is 11.4. The third-order valence-corrected chi connectivity index (χ3v) is 2.00. The highest BCUT2D eigenvalue weighted by Gasteiger charge is 2.36. The molecule has 1 fully saturated rings. The SMILES string of the molecule is [C-]#[N+]C(CC)C(=O)ON1C(=O)CCC1=O. The highest BCUT2D eigenvalue weighted by molar-refractivity contribution is 6.01. The van der Waals surface area contributed by atoms with Crippen LogP contribution in [0.5, 0.6) is 0 Å². The molecule has 1 saturated heterocycles. The molecule has 15 heavy (non-hydrogen) atoms. The quantitative estimate of drug-likeness (QED) is 0.496. The van der Waals surface area contributed by atoms with Gasteiger partial charge in [-0.3, -0.25) is 9.59 Å². The summed E-state index contributed by atoms with van der Waals surface area (Å²) in [4.78, 5) is 41.0. The van der Waals surface area contributed by atoms with Gasteiger partial charge in [-0.25, -0.2) is 11.4 Å². The molecule has 6 nitrogen and oxygen atoms in total. The van der Waals surface area contributed by atoms with E-state index in [1.807, 2.05) is 0 Å². The molecule has 1 heterocycles. The largest absolute Gasteiger partial charge is 0.415 e. The molecule has 80 valence electrons. The zero-order valence-electron chi connectivity index (χ0n) is 8.23. The van der Waals surface area contributed by atoms with Crippen LogP contribution in [0.3, 0.4) is 0 Å². The summed E-state index contributed by atoms with van der Waals surface area (Å²) >= 11 is 0. The highest BCUT2D eigenvalue weighted by Crippen LogP contribution is 2.13. The number of carbonyl (C=O) groups is 3. The summed E-state index contributed by atoms with van der Waals surface area (Å²) in [7, 11) is 0. The van der Waals surface area contributed by atoms with E-state index in [0.29, 0.717) is 11.5 Å². The Hall–Kier alpha value is -1.90. The second kappa shape index (κ2) is 4.55. The van der Waals surface area contributed by atoms with Crippen LogP contribution in [0.2, 0.25) is 0 Å². The van der Waals surface area contributed by atoms with E-state index in [0.717, 1.165) is 0 Å². The number of rotatable bonds is 3. The van der Waals surface area contributed by atoms with E-state index in [9.17, 15) is 14.4 Å². The van der Waals surface area contributed by atoms with Crippen molar-refractivity contribution in [3.63, 3.8) is 0 Å². The van der Waals surface area contributed by atoms with Gasteiger partial charge in [0.2, 0.25) is 0 Å². The van der Waals surface area contributed by atoms with Crippen molar-refractivity contribution in [2.24, 2.45) is 0 Å². The number of hydrogen-bond donors (Lipinski definition) is 0. The Morgan fingerprint density at radius 2 is 2.07 bits per heavy atom. The second-order valence-corrected chi connectivity index (χ2v) is 3.05. The van der Waals surface area contributed by atoms with Gasteiger partial charge in [-0.1, -0.05) is 6.92 Å². The second-order valence-electron chi connectivity index (χ2n) is 3.05. The van der Waals surface area contributed by atoms with Crippen molar-refractivity contribution in [2.45, 2.75) is 32.2 Å². The fraction of sp³-hybridized carbons (Fsp3) is 0.556. The first-order chi connectivity index (χ1) is 7.10. The van der Waals surface area contributed by atoms with Crippen molar-refractivity contribution in [1.29, 1.82) is 0 Å². The molecule has 0 spiro atoms. The maximum Gasteiger partial charge on any atom is 0.415 e. The Kier molecular flexibility index (Phi) is 3.39. The molecule has 6 heteroatoms. The van der Waals surface area contributed by atoms with Crippen LogP contribution in [-0.2, 0) is 19.2 Å². The van der Waals surface area contributed by atoms with Gasteiger partial charge in [0, 0.05) is 19.3 Å². The molecule has 1 aliphatic heterocycles. The van der Waals surface area contributed by atoms with E-state index < -0.39 is 23.8 Å². The van der Waals surface area contributed by atoms with Crippen molar-refractivity contribution in [3.8, 4) is 0 Å². The van der Waals surface area contributed by atoms with Crippen LogP contribution in [-0.4, -0.2) is 28.9 Å². The first-order valence-electron chi connectivity index (χ1n) is 4.54. The van der Waals surface area contributed by atoms with Crippen LogP contribution < -0.4 is 0 Å². The van der Waals surface area contributed by atoms with Gasteiger partial charge in [-0.05, 0) is 0 Å². The molecular weight excluding hydrogens is 200 g/mol. The molecule has 0 aromatic rings. The summed E-state index contributed by atoms with van der Waals surface area (Å²) in [5, 5.41) is 0.455. The van der Waals surface area contributed by atoms with Crippen LogP contribution in [0.25, 0.3) is 4.85 Å².